The first-order chi connectivity index (χ1) is 5.79. The van der Waals surface area contributed by atoms with Crippen LogP contribution in [0.25, 0.3) is 6.08 Å². The van der Waals surface area contributed by atoms with Crippen molar-refractivity contribution in [3.8, 4) is 0 Å². The van der Waals surface area contributed by atoms with Crippen LogP contribution in [0.15, 0.2) is 30.3 Å². The van der Waals surface area contributed by atoms with Gasteiger partial charge in [0.1, 0.15) is 0 Å². The van der Waals surface area contributed by atoms with Crippen LogP contribution in [0.4, 0.5) is 0 Å². The smallest absolute Gasteiger partial charge is 1.00 e. The summed E-state index contributed by atoms with van der Waals surface area (Å²) in [7, 11) is -0.211. The molecule has 1 aliphatic carbocycles. The molecular formula is C11H13Cl2SiTi. The van der Waals surface area contributed by atoms with E-state index in [1.807, 2.05) is 0 Å². The van der Waals surface area contributed by atoms with E-state index in [0.29, 0.717) is 0 Å². The molecule has 0 fully saturated rings. The molecule has 1 unspecified atom stereocenters. The third-order valence-electron chi connectivity index (χ3n) is 2.42. The minimum Gasteiger partial charge on any atom is -1.00 e. The zero-order valence-electron chi connectivity index (χ0n) is 8.80. The first-order valence-corrected chi connectivity index (χ1v) is 6.94. The number of benzene rings is 1. The van der Waals surface area contributed by atoms with Crippen LogP contribution >= 0.6 is 0 Å². The van der Waals surface area contributed by atoms with Gasteiger partial charge in [-0.15, -0.1) is 0 Å². The Morgan fingerprint density at radius 3 is 2.27 bits per heavy atom. The normalized spacial score (nSPS) is 16.1. The SMILES string of the molecule is C[Si](C)C1C=Cc2ccccc21.[Cl-].[Cl-].[Ti+2]. The molecule has 1 radical (unpaired) electrons. The van der Waals surface area contributed by atoms with Gasteiger partial charge in [0.05, 0.1) is 8.80 Å². The molecule has 2 rings (SSSR count). The molecule has 79 valence electrons. The monoisotopic (exact) mass is 291 g/mol. The van der Waals surface area contributed by atoms with Crippen LogP contribution in [-0.4, -0.2) is 8.80 Å². The molecule has 0 heterocycles. The maximum atomic E-state index is 2.38. The van der Waals surface area contributed by atoms with Gasteiger partial charge in [-0.1, -0.05) is 49.5 Å². The van der Waals surface area contributed by atoms with Gasteiger partial charge in [0.2, 0.25) is 0 Å². The van der Waals surface area contributed by atoms with Crippen molar-refractivity contribution in [3.63, 3.8) is 0 Å². The third-order valence-corrected chi connectivity index (χ3v) is 4.17. The Labute approximate surface area is 121 Å². The third kappa shape index (κ3) is 3.76. The fourth-order valence-corrected chi connectivity index (χ4v) is 3.12. The Morgan fingerprint density at radius 2 is 1.67 bits per heavy atom. The van der Waals surface area contributed by atoms with Crippen LogP contribution in [0.2, 0.25) is 13.1 Å². The minimum absolute atomic E-state index is 0. The van der Waals surface area contributed by atoms with Crippen LogP contribution in [0, 0.1) is 0 Å². The zero-order valence-corrected chi connectivity index (χ0v) is 12.9. The van der Waals surface area contributed by atoms with E-state index in [-0.39, 0.29) is 55.3 Å². The number of hydrogen-bond donors (Lipinski definition) is 0. The summed E-state index contributed by atoms with van der Waals surface area (Å²) in [6.07, 6.45) is 4.62. The number of allylic oxidation sites excluding steroid dienone is 1. The summed E-state index contributed by atoms with van der Waals surface area (Å²) < 4.78 is 0. The molecule has 15 heavy (non-hydrogen) atoms. The average Bonchev–Trinajstić information content (AvgIpc) is 2.47. The van der Waals surface area contributed by atoms with Gasteiger partial charge in [-0.2, -0.15) is 0 Å². The molecule has 0 aromatic heterocycles. The second kappa shape index (κ2) is 7.70. The molecule has 0 N–H and O–H groups in total. The first-order valence-electron chi connectivity index (χ1n) is 4.36. The molecule has 0 bridgehead atoms. The molecule has 1 aromatic carbocycles. The number of hydrogen-bond acceptors (Lipinski definition) is 0. The number of fused-ring (bicyclic) bond motifs is 1. The van der Waals surface area contributed by atoms with Crippen LogP contribution in [-0.2, 0) is 21.7 Å². The molecule has 1 aromatic rings. The Kier molecular flexibility index (Phi) is 9.16. The van der Waals surface area contributed by atoms with Gasteiger partial charge in [0, 0.05) is 0 Å². The Balaban J connectivity index is 0. The maximum absolute atomic E-state index is 2.38. The molecule has 0 saturated heterocycles. The summed E-state index contributed by atoms with van der Waals surface area (Å²) in [5, 5.41) is 0. The van der Waals surface area contributed by atoms with E-state index in [2.05, 4.69) is 49.5 Å². The van der Waals surface area contributed by atoms with Crippen molar-refractivity contribution in [2.75, 3.05) is 0 Å². The van der Waals surface area contributed by atoms with Crippen LogP contribution < -0.4 is 24.8 Å². The molecule has 1 atom stereocenters. The van der Waals surface area contributed by atoms with Crippen molar-refractivity contribution < 1.29 is 46.5 Å². The van der Waals surface area contributed by atoms with Crippen molar-refractivity contribution in [3.05, 3.63) is 41.5 Å². The first kappa shape index (κ1) is 17.9. The van der Waals surface area contributed by atoms with E-state index in [4.69, 9.17) is 0 Å². The summed E-state index contributed by atoms with van der Waals surface area (Å²) in [6.45, 7) is 4.75. The molecule has 0 aliphatic heterocycles. The maximum Gasteiger partial charge on any atom is 2.00 e. The van der Waals surface area contributed by atoms with Crippen molar-refractivity contribution >= 4 is 14.9 Å². The van der Waals surface area contributed by atoms with Gasteiger partial charge in [-0.3, -0.25) is 0 Å². The van der Waals surface area contributed by atoms with E-state index >= 15 is 0 Å². The van der Waals surface area contributed by atoms with E-state index in [1.165, 1.54) is 11.1 Å². The summed E-state index contributed by atoms with van der Waals surface area (Å²) in [5.41, 5.74) is 3.70. The van der Waals surface area contributed by atoms with Crippen molar-refractivity contribution in [2.24, 2.45) is 0 Å². The van der Waals surface area contributed by atoms with E-state index in [1.54, 1.807) is 0 Å². The summed E-state index contributed by atoms with van der Waals surface area (Å²) >= 11 is 0. The van der Waals surface area contributed by atoms with Gasteiger partial charge in [-0.05, 0) is 16.7 Å². The van der Waals surface area contributed by atoms with Gasteiger partial charge in [0.25, 0.3) is 0 Å². The Morgan fingerprint density at radius 1 is 1.07 bits per heavy atom. The van der Waals surface area contributed by atoms with Gasteiger partial charge >= 0.3 is 21.7 Å². The van der Waals surface area contributed by atoms with E-state index < -0.39 is 0 Å². The second-order valence-electron chi connectivity index (χ2n) is 3.54. The molecule has 0 saturated carbocycles. The average molecular weight is 292 g/mol. The van der Waals surface area contributed by atoms with Crippen molar-refractivity contribution in [2.45, 2.75) is 18.6 Å². The largest absolute Gasteiger partial charge is 2.00 e. The number of halogens is 2. The van der Waals surface area contributed by atoms with Gasteiger partial charge in [0.15, 0.2) is 0 Å². The quantitative estimate of drug-likeness (QED) is 0.487. The minimum atomic E-state index is -0.211. The molecule has 4 heteroatoms. The predicted molar refractivity (Wildman–Crippen MR) is 55.7 cm³/mol. The summed E-state index contributed by atoms with van der Waals surface area (Å²) in [5.74, 6) is 0. The van der Waals surface area contributed by atoms with Crippen molar-refractivity contribution in [1.82, 2.24) is 0 Å². The van der Waals surface area contributed by atoms with Crippen LogP contribution in [0.1, 0.15) is 16.7 Å². The van der Waals surface area contributed by atoms with Gasteiger partial charge in [-0.25, -0.2) is 0 Å². The van der Waals surface area contributed by atoms with Crippen LogP contribution in [0.3, 0.4) is 0 Å². The summed E-state index contributed by atoms with van der Waals surface area (Å²) in [6, 6.07) is 8.72. The number of rotatable bonds is 1. The molecule has 0 spiro atoms. The van der Waals surface area contributed by atoms with Gasteiger partial charge < -0.3 is 24.8 Å². The van der Waals surface area contributed by atoms with E-state index in [0.717, 1.165) is 5.54 Å². The molecule has 1 aliphatic rings. The standard InChI is InChI=1S/C11H13Si.2ClH.Ti/c1-12(2)11-8-7-9-5-3-4-6-10(9)11;;;/h3-8,11H,1-2H3;2*1H;/q;;;+2/p-2. The van der Waals surface area contributed by atoms with E-state index in [9.17, 15) is 0 Å². The zero-order chi connectivity index (χ0) is 8.55. The molecular weight excluding hydrogens is 279 g/mol. The summed E-state index contributed by atoms with van der Waals surface area (Å²) in [4.78, 5) is 0. The fourth-order valence-electron chi connectivity index (χ4n) is 1.75. The Bertz CT molecular complexity index is 326. The predicted octanol–water partition coefficient (Wildman–Crippen LogP) is -2.90. The van der Waals surface area contributed by atoms with Crippen molar-refractivity contribution in [1.29, 1.82) is 0 Å². The second-order valence-corrected chi connectivity index (χ2v) is 6.32. The molecule has 0 amide bonds. The fraction of sp³-hybridized carbons (Fsp3) is 0.273. The topological polar surface area (TPSA) is 0 Å². The van der Waals surface area contributed by atoms with Crippen LogP contribution in [0.5, 0.6) is 0 Å². The Hall–Kier alpha value is 0.471. The molecule has 0 nitrogen and oxygen atoms in total.